The van der Waals surface area contributed by atoms with Crippen LogP contribution in [-0.2, 0) is 12.6 Å². The Morgan fingerprint density at radius 3 is 2.50 bits per heavy atom. The highest BCUT2D eigenvalue weighted by Crippen LogP contribution is 2.30. The molecule has 0 aliphatic rings. The molecule has 0 radical (unpaired) electrons. The highest BCUT2D eigenvalue weighted by atomic mass is 19.4. The number of amides is 1. The van der Waals surface area contributed by atoms with Crippen LogP contribution in [-0.4, -0.2) is 17.4 Å². The summed E-state index contributed by atoms with van der Waals surface area (Å²) in [6, 6.07) is 17.5. The second-order valence-electron chi connectivity index (χ2n) is 6.12. The minimum absolute atomic E-state index is 0.0789. The van der Waals surface area contributed by atoms with Gasteiger partial charge in [0.15, 0.2) is 0 Å². The van der Waals surface area contributed by atoms with E-state index in [0.717, 1.165) is 18.6 Å². The summed E-state index contributed by atoms with van der Waals surface area (Å²) in [5, 5.41) is 5.63. The molecule has 2 aromatic carbocycles. The maximum atomic E-state index is 12.8. The lowest BCUT2D eigenvalue weighted by Gasteiger charge is -2.11. The lowest BCUT2D eigenvalue weighted by atomic mass is 10.1. The number of pyridine rings is 1. The Balaban J connectivity index is 1.62. The number of carbonyl (C=O) groups is 1. The van der Waals surface area contributed by atoms with E-state index in [-0.39, 0.29) is 5.69 Å². The van der Waals surface area contributed by atoms with Gasteiger partial charge in [0.2, 0.25) is 0 Å². The molecule has 0 saturated heterocycles. The molecule has 0 spiro atoms. The van der Waals surface area contributed by atoms with Crippen LogP contribution in [0.2, 0.25) is 0 Å². The second kappa shape index (κ2) is 8.56. The van der Waals surface area contributed by atoms with Crippen LogP contribution in [0, 0.1) is 0 Å². The third kappa shape index (κ3) is 5.33. The van der Waals surface area contributed by atoms with Gasteiger partial charge in [0.25, 0.3) is 5.91 Å². The molecule has 7 heteroatoms. The first-order valence-electron chi connectivity index (χ1n) is 8.64. The van der Waals surface area contributed by atoms with Crippen molar-refractivity contribution in [1.82, 2.24) is 4.98 Å². The van der Waals surface area contributed by atoms with E-state index in [0.29, 0.717) is 17.9 Å². The summed E-state index contributed by atoms with van der Waals surface area (Å²) < 4.78 is 38.4. The molecule has 1 heterocycles. The van der Waals surface area contributed by atoms with Crippen LogP contribution in [0.4, 0.5) is 24.7 Å². The molecule has 0 bridgehead atoms. The number of anilines is 2. The quantitative estimate of drug-likeness (QED) is 0.627. The molecule has 144 valence electrons. The zero-order chi connectivity index (χ0) is 20.0. The Morgan fingerprint density at radius 2 is 1.75 bits per heavy atom. The highest BCUT2D eigenvalue weighted by molar-refractivity contribution is 6.04. The molecule has 1 amide bonds. The standard InChI is InChI=1S/C21H18F3N3O/c22-21(23,24)17-7-4-8-18(14-17)27-20(28)16-10-12-26-19(13-16)25-11-9-15-5-2-1-3-6-15/h1-8,10,12-14H,9,11H2,(H,25,26)(H,27,28). The fourth-order valence-electron chi connectivity index (χ4n) is 2.62. The summed E-state index contributed by atoms with van der Waals surface area (Å²) in [7, 11) is 0. The van der Waals surface area contributed by atoms with E-state index in [2.05, 4.69) is 15.6 Å². The molecular formula is C21H18F3N3O. The zero-order valence-electron chi connectivity index (χ0n) is 14.8. The number of nitrogens with zero attached hydrogens (tertiary/aromatic N) is 1. The Labute approximate surface area is 160 Å². The van der Waals surface area contributed by atoms with E-state index in [4.69, 9.17) is 0 Å². The summed E-state index contributed by atoms with van der Waals surface area (Å²) in [4.78, 5) is 16.5. The topological polar surface area (TPSA) is 54.0 Å². The first-order valence-corrected chi connectivity index (χ1v) is 8.64. The Kier molecular flexibility index (Phi) is 5.93. The van der Waals surface area contributed by atoms with Gasteiger partial charge in [-0.05, 0) is 42.3 Å². The lowest BCUT2D eigenvalue weighted by Crippen LogP contribution is -2.14. The maximum absolute atomic E-state index is 12.8. The Hall–Kier alpha value is -3.35. The molecule has 1 aromatic heterocycles. The molecular weight excluding hydrogens is 367 g/mol. The maximum Gasteiger partial charge on any atom is 0.416 e. The van der Waals surface area contributed by atoms with E-state index in [9.17, 15) is 18.0 Å². The molecule has 0 atom stereocenters. The van der Waals surface area contributed by atoms with Crippen LogP contribution >= 0.6 is 0 Å². The van der Waals surface area contributed by atoms with Crippen LogP contribution in [0.25, 0.3) is 0 Å². The Morgan fingerprint density at radius 1 is 0.964 bits per heavy atom. The highest BCUT2D eigenvalue weighted by Gasteiger charge is 2.30. The van der Waals surface area contributed by atoms with Gasteiger partial charge in [0.1, 0.15) is 5.82 Å². The number of alkyl halides is 3. The van der Waals surface area contributed by atoms with Gasteiger partial charge in [-0.1, -0.05) is 36.4 Å². The van der Waals surface area contributed by atoms with Gasteiger partial charge in [0, 0.05) is 24.0 Å². The lowest BCUT2D eigenvalue weighted by molar-refractivity contribution is -0.137. The Bertz CT molecular complexity index is 943. The molecule has 0 aliphatic carbocycles. The van der Waals surface area contributed by atoms with Gasteiger partial charge in [-0.25, -0.2) is 4.98 Å². The summed E-state index contributed by atoms with van der Waals surface area (Å²) in [5.74, 6) is 0.0143. The van der Waals surface area contributed by atoms with Crippen molar-refractivity contribution in [2.45, 2.75) is 12.6 Å². The summed E-state index contributed by atoms with van der Waals surface area (Å²) >= 11 is 0. The van der Waals surface area contributed by atoms with Crippen molar-refractivity contribution in [3.63, 3.8) is 0 Å². The van der Waals surface area contributed by atoms with Gasteiger partial charge >= 0.3 is 6.18 Å². The van der Waals surface area contributed by atoms with Gasteiger partial charge in [-0.2, -0.15) is 13.2 Å². The number of benzene rings is 2. The molecule has 0 saturated carbocycles. The normalized spacial score (nSPS) is 11.1. The molecule has 2 N–H and O–H groups in total. The molecule has 3 rings (SSSR count). The molecule has 28 heavy (non-hydrogen) atoms. The third-order valence-electron chi connectivity index (χ3n) is 4.03. The molecule has 4 nitrogen and oxygen atoms in total. The van der Waals surface area contributed by atoms with Crippen molar-refractivity contribution in [3.8, 4) is 0 Å². The van der Waals surface area contributed by atoms with Crippen LogP contribution in [0.5, 0.6) is 0 Å². The minimum atomic E-state index is -4.47. The van der Waals surface area contributed by atoms with E-state index in [1.54, 1.807) is 6.07 Å². The first kappa shape index (κ1) is 19.4. The van der Waals surface area contributed by atoms with Crippen molar-refractivity contribution in [3.05, 3.63) is 89.6 Å². The smallest absolute Gasteiger partial charge is 0.370 e. The SMILES string of the molecule is O=C(Nc1cccc(C(F)(F)F)c1)c1ccnc(NCCc2ccccc2)c1. The number of rotatable bonds is 6. The number of aromatic nitrogens is 1. The number of carbonyl (C=O) groups excluding carboxylic acids is 1. The molecule has 0 unspecified atom stereocenters. The summed E-state index contributed by atoms with van der Waals surface area (Å²) in [6.07, 6.45) is -2.19. The number of hydrogen-bond donors (Lipinski definition) is 2. The van der Waals surface area contributed by atoms with E-state index >= 15 is 0 Å². The summed E-state index contributed by atoms with van der Waals surface area (Å²) in [5.41, 5.74) is 0.738. The van der Waals surface area contributed by atoms with Crippen LogP contribution in [0.3, 0.4) is 0 Å². The average molecular weight is 385 g/mol. The molecule has 0 fully saturated rings. The van der Waals surface area contributed by atoms with Crippen molar-refractivity contribution in [1.29, 1.82) is 0 Å². The number of hydrogen-bond acceptors (Lipinski definition) is 3. The van der Waals surface area contributed by atoms with E-state index in [1.807, 2.05) is 30.3 Å². The summed E-state index contributed by atoms with van der Waals surface area (Å²) in [6.45, 7) is 0.635. The number of nitrogens with one attached hydrogen (secondary N) is 2. The van der Waals surface area contributed by atoms with Crippen molar-refractivity contribution < 1.29 is 18.0 Å². The van der Waals surface area contributed by atoms with Crippen LogP contribution < -0.4 is 10.6 Å². The first-order chi connectivity index (χ1) is 13.4. The van der Waals surface area contributed by atoms with Gasteiger partial charge in [-0.15, -0.1) is 0 Å². The van der Waals surface area contributed by atoms with Gasteiger partial charge in [0.05, 0.1) is 5.56 Å². The predicted octanol–water partition coefficient (Wildman–Crippen LogP) is 5.01. The average Bonchev–Trinajstić information content (AvgIpc) is 2.69. The second-order valence-corrected chi connectivity index (χ2v) is 6.12. The van der Waals surface area contributed by atoms with Crippen molar-refractivity contribution in [2.24, 2.45) is 0 Å². The van der Waals surface area contributed by atoms with Crippen LogP contribution in [0.15, 0.2) is 72.9 Å². The fraction of sp³-hybridized carbons (Fsp3) is 0.143. The van der Waals surface area contributed by atoms with Crippen LogP contribution in [0.1, 0.15) is 21.5 Å². The minimum Gasteiger partial charge on any atom is -0.370 e. The zero-order valence-corrected chi connectivity index (χ0v) is 14.8. The van der Waals surface area contributed by atoms with Crippen molar-refractivity contribution in [2.75, 3.05) is 17.2 Å². The van der Waals surface area contributed by atoms with E-state index < -0.39 is 17.6 Å². The number of halogens is 3. The largest absolute Gasteiger partial charge is 0.416 e. The van der Waals surface area contributed by atoms with E-state index in [1.165, 1.54) is 30.0 Å². The predicted molar refractivity (Wildman–Crippen MR) is 102 cm³/mol. The monoisotopic (exact) mass is 385 g/mol. The molecule has 3 aromatic rings. The fourth-order valence-corrected chi connectivity index (χ4v) is 2.62. The molecule has 0 aliphatic heterocycles. The van der Waals surface area contributed by atoms with Gasteiger partial charge < -0.3 is 10.6 Å². The third-order valence-corrected chi connectivity index (χ3v) is 4.03. The van der Waals surface area contributed by atoms with Crippen molar-refractivity contribution >= 4 is 17.4 Å². The van der Waals surface area contributed by atoms with Gasteiger partial charge in [-0.3, -0.25) is 4.79 Å².